The molecule has 0 atom stereocenters. The summed E-state index contributed by atoms with van der Waals surface area (Å²) in [5.41, 5.74) is 4.58. The number of aromatic nitrogens is 1. The van der Waals surface area contributed by atoms with Gasteiger partial charge in [0.1, 0.15) is 5.76 Å². The van der Waals surface area contributed by atoms with E-state index in [0.29, 0.717) is 5.91 Å². The molecule has 0 spiro atoms. The lowest BCUT2D eigenvalue weighted by molar-refractivity contribution is -0.123. The van der Waals surface area contributed by atoms with Gasteiger partial charge in [-0.3, -0.25) is 9.69 Å². The average molecular weight is 339 g/mol. The maximum atomic E-state index is 13.0. The molecule has 5 heteroatoms. The van der Waals surface area contributed by atoms with Crippen LogP contribution in [-0.2, 0) is 17.8 Å². The predicted octanol–water partition coefficient (Wildman–Crippen LogP) is 3.09. The first kappa shape index (κ1) is 16.3. The second kappa shape index (κ2) is 6.64. The normalized spacial score (nSPS) is 18.6. The number of nitrogens with zero attached hydrogens (tertiary/aromatic N) is 3. The Morgan fingerprint density at radius 2 is 1.96 bits per heavy atom. The van der Waals surface area contributed by atoms with E-state index in [4.69, 9.17) is 4.52 Å². The van der Waals surface area contributed by atoms with Crippen molar-refractivity contribution in [3.63, 3.8) is 0 Å². The molecule has 1 amide bonds. The Balaban J connectivity index is 1.37. The standard InChI is InChI=1S/C20H25N3O2/c1-14-18(15(2)25-21-14)13-22-10-7-17(8-11-22)20(24)23-12-9-16-5-3-4-6-19(16)23/h3-6,17H,7-13H2,1-2H3. The number of carbonyl (C=O) groups excluding carboxylic acids is 1. The summed E-state index contributed by atoms with van der Waals surface area (Å²) in [6.45, 7) is 7.57. The molecular weight excluding hydrogens is 314 g/mol. The lowest BCUT2D eigenvalue weighted by Crippen LogP contribution is -2.42. The van der Waals surface area contributed by atoms with Crippen LogP contribution in [0.15, 0.2) is 28.8 Å². The maximum absolute atomic E-state index is 13.0. The first-order valence-corrected chi connectivity index (χ1v) is 9.17. The van der Waals surface area contributed by atoms with Crippen molar-refractivity contribution in [2.75, 3.05) is 24.5 Å². The molecule has 0 N–H and O–H groups in total. The second-order valence-corrected chi connectivity index (χ2v) is 7.22. The second-order valence-electron chi connectivity index (χ2n) is 7.22. The van der Waals surface area contributed by atoms with Crippen molar-refractivity contribution >= 4 is 11.6 Å². The molecular formula is C20H25N3O2. The minimum Gasteiger partial charge on any atom is -0.361 e. The molecule has 3 heterocycles. The van der Waals surface area contributed by atoms with Crippen molar-refractivity contribution in [1.82, 2.24) is 10.1 Å². The van der Waals surface area contributed by atoms with Gasteiger partial charge in [0.25, 0.3) is 0 Å². The zero-order valence-electron chi connectivity index (χ0n) is 15.0. The van der Waals surface area contributed by atoms with Crippen LogP contribution < -0.4 is 4.90 Å². The van der Waals surface area contributed by atoms with Crippen LogP contribution in [0.5, 0.6) is 0 Å². The highest BCUT2D eigenvalue weighted by Gasteiger charge is 2.32. The predicted molar refractivity (Wildman–Crippen MR) is 96.5 cm³/mol. The van der Waals surface area contributed by atoms with Crippen LogP contribution in [0.25, 0.3) is 0 Å². The third-order valence-electron chi connectivity index (χ3n) is 5.65. The summed E-state index contributed by atoms with van der Waals surface area (Å²) in [5, 5.41) is 4.04. The highest BCUT2D eigenvalue weighted by Crippen LogP contribution is 2.31. The molecule has 0 unspecified atom stereocenters. The van der Waals surface area contributed by atoms with Crippen molar-refractivity contribution in [2.24, 2.45) is 5.92 Å². The van der Waals surface area contributed by atoms with Crippen molar-refractivity contribution in [3.05, 3.63) is 46.8 Å². The van der Waals surface area contributed by atoms with E-state index in [1.807, 2.05) is 24.8 Å². The van der Waals surface area contributed by atoms with Gasteiger partial charge in [0.15, 0.2) is 0 Å². The van der Waals surface area contributed by atoms with Crippen molar-refractivity contribution < 1.29 is 9.32 Å². The first-order valence-electron chi connectivity index (χ1n) is 9.17. The fourth-order valence-corrected chi connectivity index (χ4v) is 4.08. The van der Waals surface area contributed by atoms with Gasteiger partial charge in [-0.1, -0.05) is 23.4 Å². The minimum absolute atomic E-state index is 0.145. The van der Waals surface area contributed by atoms with Crippen LogP contribution in [0, 0.1) is 19.8 Å². The van der Waals surface area contributed by atoms with Gasteiger partial charge in [0, 0.05) is 30.3 Å². The Labute approximate surface area is 148 Å². The molecule has 1 aromatic heterocycles. The van der Waals surface area contributed by atoms with Crippen LogP contribution in [0.2, 0.25) is 0 Å². The number of fused-ring (bicyclic) bond motifs is 1. The van der Waals surface area contributed by atoms with E-state index in [0.717, 1.165) is 62.6 Å². The molecule has 0 radical (unpaired) electrons. The van der Waals surface area contributed by atoms with Gasteiger partial charge in [-0.05, 0) is 57.8 Å². The monoisotopic (exact) mass is 339 g/mol. The van der Waals surface area contributed by atoms with E-state index in [9.17, 15) is 4.79 Å². The Morgan fingerprint density at radius 1 is 1.20 bits per heavy atom. The van der Waals surface area contributed by atoms with E-state index in [1.54, 1.807) is 0 Å². The number of hydrogen-bond donors (Lipinski definition) is 0. The summed E-state index contributed by atoms with van der Waals surface area (Å²) in [7, 11) is 0. The minimum atomic E-state index is 0.145. The highest BCUT2D eigenvalue weighted by atomic mass is 16.5. The molecule has 2 aliphatic heterocycles. The highest BCUT2D eigenvalue weighted by molar-refractivity contribution is 5.97. The maximum Gasteiger partial charge on any atom is 0.230 e. The molecule has 132 valence electrons. The van der Waals surface area contributed by atoms with Gasteiger partial charge in [-0.15, -0.1) is 0 Å². The van der Waals surface area contributed by atoms with Crippen LogP contribution >= 0.6 is 0 Å². The number of piperidine rings is 1. The zero-order chi connectivity index (χ0) is 17.4. The molecule has 5 nitrogen and oxygen atoms in total. The third kappa shape index (κ3) is 3.09. The number of hydrogen-bond acceptors (Lipinski definition) is 4. The Kier molecular flexibility index (Phi) is 4.34. The molecule has 1 saturated heterocycles. The SMILES string of the molecule is Cc1noc(C)c1CN1CCC(C(=O)N2CCc3ccccc32)CC1. The van der Waals surface area contributed by atoms with Crippen LogP contribution in [0.3, 0.4) is 0 Å². The summed E-state index contributed by atoms with van der Waals surface area (Å²) in [6, 6.07) is 8.29. The Morgan fingerprint density at radius 3 is 2.68 bits per heavy atom. The van der Waals surface area contributed by atoms with Gasteiger partial charge in [-0.25, -0.2) is 0 Å². The lowest BCUT2D eigenvalue weighted by atomic mass is 9.94. The van der Waals surface area contributed by atoms with E-state index < -0.39 is 0 Å². The molecule has 0 aliphatic carbocycles. The van der Waals surface area contributed by atoms with E-state index in [1.165, 1.54) is 11.1 Å². The zero-order valence-corrected chi connectivity index (χ0v) is 15.0. The molecule has 25 heavy (non-hydrogen) atoms. The Bertz CT molecular complexity index is 755. The van der Waals surface area contributed by atoms with E-state index >= 15 is 0 Å². The summed E-state index contributed by atoms with van der Waals surface area (Å²) in [6.07, 6.45) is 2.84. The molecule has 4 rings (SSSR count). The van der Waals surface area contributed by atoms with Crippen LogP contribution in [0.1, 0.15) is 35.4 Å². The molecule has 2 aromatic rings. The summed E-state index contributed by atoms with van der Waals surface area (Å²) in [5.74, 6) is 1.36. The van der Waals surface area contributed by atoms with Crippen molar-refractivity contribution in [1.29, 1.82) is 0 Å². The van der Waals surface area contributed by atoms with Crippen LogP contribution in [-0.4, -0.2) is 35.6 Å². The topological polar surface area (TPSA) is 49.6 Å². The molecule has 2 aliphatic rings. The number of carbonyl (C=O) groups is 1. The largest absolute Gasteiger partial charge is 0.361 e. The fraction of sp³-hybridized carbons (Fsp3) is 0.500. The average Bonchev–Trinajstić information content (AvgIpc) is 3.20. The Hall–Kier alpha value is -2.14. The summed E-state index contributed by atoms with van der Waals surface area (Å²) in [4.78, 5) is 17.4. The van der Waals surface area contributed by atoms with E-state index in [2.05, 4.69) is 28.3 Å². The molecule has 1 aromatic carbocycles. The number of rotatable bonds is 3. The number of amides is 1. The van der Waals surface area contributed by atoms with Gasteiger partial charge < -0.3 is 9.42 Å². The van der Waals surface area contributed by atoms with Crippen molar-refractivity contribution in [3.8, 4) is 0 Å². The van der Waals surface area contributed by atoms with Gasteiger partial charge >= 0.3 is 0 Å². The molecule has 1 fully saturated rings. The number of para-hydroxylation sites is 1. The summed E-state index contributed by atoms with van der Waals surface area (Å²) < 4.78 is 5.26. The first-order chi connectivity index (χ1) is 12.1. The summed E-state index contributed by atoms with van der Waals surface area (Å²) >= 11 is 0. The van der Waals surface area contributed by atoms with Gasteiger partial charge in [0.05, 0.1) is 5.69 Å². The lowest BCUT2D eigenvalue weighted by Gasteiger charge is -2.33. The van der Waals surface area contributed by atoms with Crippen LogP contribution in [0.4, 0.5) is 5.69 Å². The number of anilines is 1. The number of aryl methyl sites for hydroxylation is 2. The van der Waals surface area contributed by atoms with E-state index in [-0.39, 0.29) is 5.92 Å². The number of benzene rings is 1. The molecule has 0 saturated carbocycles. The third-order valence-corrected chi connectivity index (χ3v) is 5.65. The van der Waals surface area contributed by atoms with Gasteiger partial charge in [-0.2, -0.15) is 0 Å². The smallest absolute Gasteiger partial charge is 0.230 e. The number of likely N-dealkylation sites (tertiary alicyclic amines) is 1. The quantitative estimate of drug-likeness (QED) is 0.862. The van der Waals surface area contributed by atoms with Gasteiger partial charge in [0.2, 0.25) is 5.91 Å². The fourth-order valence-electron chi connectivity index (χ4n) is 4.08. The molecule has 0 bridgehead atoms. The van der Waals surface area contributed by atoms with Crippen molar-refractivity contribution in [2.45, 2.75) is 39.7 Å².